The van der Waals surface area contributed by atoms with Crippen LogP contribution < -0.4 is 0 Å². The van der Waals surface area contributed by atoms with Crippen LogP contribution in [0.3, 0.4) is 0 Å². The Morgan fingerprint density at radius 3 is 2.28 bits per heavy atom. The highest BCUT2D eigenvalue weighted by Crippen LogP contribution is 2.15. The number of carbonyl (C=O) groups is 1. The summed E-state index contributed by atoms with van der Waals surface area (Å²) in [5, 5.41) is 8.73. The van der Waals surface area contributed by atoms with Crippen LogP contribution >= 0.6 is 0 Å². The summed E-state index contributed by atoms with van der Waals surface area (Å²) < 4.78 is 30.9. The molecule has 2 aromatic carbocycles. The number of sulfonamides is 1. The van der Waals surface area contributed by atoms with E-state index in [0.717, 1.165) is 15.4 Å². The summed E-state index contributed by atoms with van der Waals surface area (Å²) in [6, 6.07) is 15.0. The lowest BCUT2D eigenvalue weighted by molar-refractivity contribution is -0.144. The smallest absolute Gasteiger partial charge is 0.321 e. The standard InChI is InChI=1S/C18H18N2O4S/c1-14-3-9-17(10-4-14)25(22,23)20(2)12-18(21)24-13-16-7-5-15(11-19)6-8-16/h3-10H,12-13H2,1-2H3. The number of likely N-dealkylation sites (N-methyl/N-ethyl adjacent to an activating group) is 1. The fourth-order valence-electron chi connectivity index (χ4n) is 2.04. The van der Waals surface area contributed by atoms with Crippen molar-refractivity contribution in [2.24, 2.45) is 0 Å². The van der Waals surface area contributed by atoms with E-state index in [2.05, 4.69) is 0 Å². The predicted molar refractivity (Wildman–Crippen MR) is 91.9 cm³/mol. The summed E-state index contributed by atoms with van der Waals surface area (Å²) in [5.74, 6) is -0.650. The van der Waals surface area contributed by atoms with E-state index in [4.69, 9.17) is 10.00 Å². The van der Waals surface area contributed by atoms with Crippen molar-refractivity contribution in [2.45, 2.75) is 18.4 Å². The van der Waals surface area contributed by atoms with E-state index in [1.165, 1.54) is 19.2 Å². The van der Waals surface area contributed by atoms with Crippen LogP contribution in [0.15, 0.2) is 53.4 Å². The highest BCUT2D eigenvalue weighted by molar-refractivity contribution is 7.89. The lowest BCUT2D eigenvalue weighted by atomic mass is 10.2. The number of benzene rings is 2. The maximum atomic E-state index is 12.4. The quantitative estimate of drug-likeness (QED) is 0.739. The van der Waals surface area contributed by atoms with E-state index in [-0.39, 0.29) is 18.0 Å². The van der Waals surface area contributed by atoms with Gasteiger partial charge in [0.15, 0.2) is 0 Å². The van der Waals surface area contributed by atoms with Crippen molar-refractivity contribution in [3.05, 3.63) is 65.2 Å². The minimum absolute atomic E-state index is 0.0168. The molecule has 0 atom stereocenters. The topological polar surface area (TPSA) is 87.5 Å². The van der Waals surface area contributed by atoms with E-state index in [1.807, 2.05) is 13.0 Å². The average Bonchev–Trinajstić information content (AvgIpc) is 2.60. The number of rotatable bonds is 6. The summed E-state index contributed by atoms with van der Waals surface area (Å²) in [7, 11) is -2.41. The third-order valence-corrected chi connectivity index (χ3v) is 5.38. The molecule has 25 heavy (non-hydrogen) atoms. The van der Waals surface area contributed by atoms with Gasteiger partial charge in [0.2, 0.25) is 10.0 Å². The molecule has 0 spiro atoms. The summed E-state index contributed by atoms with van der Waals surface area (Å²) in [5.41, 5.74) is 2.18. The first-order valence-corrected chi connectivity index (χ1v) is 8.94. The molecule has 2 aromatic rings. The van der Waals surface area contributed by atoms with Gasteiger partial charge in [-0.25, -0.2) is 8.42 Å². The second-order valence-electron chi connectivity index (χ2n) is 5.54. The fraction of sp³-hybridized carbons (Fsp3) is 0.222. The van der Waals surface area contributed by atoms with Crippen molar-refractivity contribution in [2.75, 3.05) is 13.6 Å². The van der Waals surface area contributed by atoms with Gasteiger partial charge >= 0.3 is 5.97 Å². The number of carbonyl (C=O) groups excluding carboxylic acids is 1. The summed E-state index contributed by atoms with van der Waals surface area (Å²) in [6.45, 7) is 1.50. The van der Waals surface area contributed by atoms with Crippen LogP contribution in [-0.2, 0) is 26.2 Å². The molecule has 130 valence electrons. The number of hydrogen-bond acceptors (Lipinski definition) is 5. The van der Waals surface area contributed by atoms with Crippen molar-refractivity contribution in [3.8, 4) is 6.07 Å². The number of ether oxygens (including phenoxy) is 1. The molecule has 0 aromatic heterocycles. The van der Waals surface area contributed by atoms with Crippen LogP contribution in [0.4, 0.5) is 0 Å². The van der Waals surface area contributed by atoms with Gasteiger partial charge in [-0.1, -0.05) is 29.8 Å². The Morgan fingerprint density at radius 1 is 1.12 bits per heavy atom. The maximum Gasteiger partial charge on any atom is 0.321 e. The minimum Gasteiger partial charge on any atom is -0.460 e. The Balaban J connectivity index is 1.94. The molecule has 0 saturated carbocycles. The van der Waals surface area contributed by atoms with Gasteiger partial charge < -0.3 is 4.74 Å². The van der Waals surface area contributed by atoms with Crippen LogP contribution in [0.1, 0.15) is 16.7 Å². The molecular formula is C18H18N2O4S. The molecule has 0 aliphatic carbocycles. The lowest BCUT2D eigenvalue weighted by Gasteiger charge is -2.16. The first kappa shape index (κ1) is 18.6. The van der Waals surface area contributed by atoms with Gasteiger partial charge in [-0.3, -0.25) is 4.79 Å². The SMILES string of the molecule is Cc1ccc(S(=O)(=O)N(C)CC(=O)OCc2ccc(C#N)cc2)cc1. The normalized spacial score (nSPS) is 11.1. The van der Waals surface area contributed by atoms with Gasteiger partial charge in [0, 0.05) is 7.05 Å². The van der Waals surface area contributed by atoms with Crippen LogP contribution in [0.25, 0.3) is 0 Å². The van der Waals surface area contributed by atoms with Crippen molar-refractivity contribution in [1.29, 1.82) is 5.26 Å². The molecule has 0 aliphatic heterocycles. The van der Waals surface area contributed by atoms with Crippen molar-refractivity contribution < 1.29 is 17.9 Å². The van der Waals surface area contributed by atoms with Gasteiger partial charge in [-0.05, 0) is 36.8 Å². The molecule has 0 unspecified atom stereocenters. The molecule has 0 fully saturated rings. The number of esters is 1. The third kappa shape index (κ3) is 4.89. The van der Waals surface area contributed by atoms with E-state index < -0.39 is 16.0 Å². The Hall–Kier alpha value is -2.69. The molecule has 0 aliphatic rings. The van der Waals surface area contributed by atoms with Gasteiger partial charge in [-0.15, -0.1) is 0 Å². The first-order chi connectivity index (χ1) is 11.8. The van der Waals surface area contributed by atoms with Gasteiger partial charge in [0.25, 0.3) is 0 Å². The molecule has 2 rings (SSSR count). The van der Waals surface area contributed by atoms with E-state index >= 15 is 0 Å². The number of hydrogen-bond donors (Lipinski definition) is 0. The molecule has 0 heterocycles. The van der Waals surface area contributed by atoms with E-state index in [0.29, 0.717) is 5.56 Å². The van der Waals surface area contributed by atoms with Gasteiger partial charge in [0.1, 0.15) is 13.2 Å². The second-order valence-corrected chi connectivity index (χ2v) is 7.59. The monoisotopic (exact) mass is 358 g/mol. The highest BCUT2D eigenvalue weighted by atomic mass is 32.2. The largest absolute Gasteiger partial charge is 0.460 e. The number of nitriles is 1. The van der Waals surface area contributed by atoms with Crippen LogP contribution in [0.2, 0.25) is 0 Å². The molecular weight excluding hydrogens is 340 g/mol. The zero-order valence-electron chi connectivity index (χ0n) is 14.0. The molecule has 7 heteroatoms. The Kier molecular flexibility index (Phi) is 5.91. The van der Waals surface area contributed by atoms with Gasteiger partial charge in [0.05, 0.1) is 16.5 Å². The number of aryl methyl sites for hydroxylation is 1. The fourth-order valence-corrected chi connectivity index (χ4v) is 3.16. The van der Waals surface area contributed by atoms with Crippen molar-refractivity contribution in [1.82, 2.24) is 4.31 Å². The zero-order chi connectivity index (χ0) is 18.4. The lowest BCUT2D eigenvalue weighted by Crippen LogP contribution is -2.33. The molecule has 0 saturated heterocycles. The second kappa shape index (κ2) is 7.92. The van der Waals surface area contributed by atoms with E-state index in [9.17, 15) is 13.2 Å². The average molecular weight is 358 g/mol. The van der Waals surface area contributed by atoms with Crippen LogP contribution in [-0.4, -0.2) is 32.3 Å². The molecule has 0 bridgehead atoms. The Bertz CT molecular complexity index is 882. The van der Waals surface area contributed by atoms with Crippen molar-refractivity contribution in [3.63, 3.8) is 0 Å². The minimum atomic E-state index is -3.75. The maximum absolute atomic E-state index is 12.4. The third-order valence-electron chi connectivity index (χ3n) is 3.56. The molecule has 0 N–H and O–H groups in total. The van der Waals surface area contributed by atoms with Crippen molar-refractivity contribution >= 4 is 16.0 Å². The molecule has 0 radical (unpaired) electrons. The summed E-state index contributed by atoms with van der Waals surface area (Å²) >= 11 is 0. The van der Waals surface area contributed by atoms with Gasteiger partial charge in [-0.2, -0.15) is 9.57 Å². The Labute approximate surface area is 147 Å². The zero-order valence-corrected chi connectivity index (χ0v) is 14.8. The molecule has 0 amide bonds. The Morgan fingerprint density at radius 2 is 1.72 bits per heavy atom. The predicted octanol–water partition coefficient (Wildman–Crippen LogP) is 2.23. The molecule has 6 nitrogen and oxygen atoms in total. The summed E-state index contributed by atoms with van der Waals surface area (Å²) in [6.07, 6.45) is 0. The highest BCUT2D eigenvalue weighted by Gasteiger charge is 2.23. The summed E-state index contributed by atoms with van der Waals surface area (Å²) in [4.78, 5) is 12.0. The van der Waals surface area contributed by atoms with Crippen LogP contribution in [0.5, 0.6) is 0 Å². The number of nitrogens with zero attached hydrogens (tertiary/aromatic N) is 2. The first-order valence-electron chi connectivity index (χ1n) is 7.50. The van der Waals surface area contributed by atoms with E-state index in [1.54, 1.807) is 36.4 Å². The van der Waals surface area contributed by atoms with Crippen LogP contribution in [0, 0.1) is 18.3 Å².